The van der Waals surface area contributed by atoms with E-state index in [-0.39, 0.29) is 0 Å². The van der Waals surface area contributed by atoms with Gasteiger partial charge in [-0.15, -0.1) is 11.3 Å². The molecule has 0 saturated heterocycles. The lowest BCUT2D eigenvalue weighted by molar-refractivity contribution is 0.669. The third-order valence-corrected chi connectivity index (χ3v) is 9.24. The summed E-state index contributed by atoms with van der Waals surface area (Å²) in [4.78, 5) is 0. The Labute approximate surface area is 234 Å². The van der Waals surface area contributed by atoms with E-state index >= 15 is 0 Å². The zero-order valence-corrected chi connectivity index (χ0v) is 22.3. The van der Waals surface area contributed by atoms with Crippen molar-refractivity contribution < 1.29 is 4.42 Å². The van der Waals surface area contributed by atoms with E-state index in [2.05, 4.69) is 133 Å². The predicted molar refractivity (Wildman–Crippen MR) is 172 cm³/mol. The molecule has 2 heteroatoms. The highest BCUT2D eigenvalue weighted by Gasteiger charge is 2.21. The lowest BCUT2D eigenvalue weighted by Crippen LogP contribution is -1.92. The van der Waals surface area contributed by atoms with Crippen LogP contribution in [-0.4, -0.2) is 0 Å². The van der Waals surface area contributed by atoms with Crippen molar-refractivity contribution in [3.8, 4) is 22.3 Å². The number of thiophene rings is 1. The Morgan fingerprint density at radius 1 is 0.400 bits per heavy atom. The Balaban J connectivity index is 1.50. The fourth-order valence-electron chi connectivity index (χ4n) is 6.72. The van der Waals surface area contributed by atoms with Gasteiger partial charge in [0.15, 0.2) is 0 Å². The topological polar surface area (TPSA) is 13.1 Å². The molecule has 1 nitrogen and oxygen atoms in total. The first-order chi connectivity index (χ1) is 19.9. The standard InChI is InChI=1S/C38H22OS/c1-2-11-24-23(9-1)10-7-16-25(24)35-26-12-3-5-14-28(26)36(29-15-6-4-13-27(29)35)31-17-8-18-32-38(31)37-30-21-22-40-34(30)20-19-33(37)39-32/h1-22H. The van der Waals surface area contributed by atoms with Gasteiger partial charge in [-0.2, -0.15) is 0 Å². The highest BCUT2D eigenvalue weighted by molar-refractivity contribution is 7.17. The normalized spacial score (nSPS) is 12.0. The van der Waals surface area contributed by atoms with Crippen LogP contribution in [-0.2, 0) is 0 Å². The Morgan fingerprint density at radius 3 is 1.73 bits per heavy atom. The van der Waals surface area contributed by atoms with Crippen molar-refractivity contribution in [3.05, 3.63) is 133 Å². The highest BCUT2D eigenvalue weighted by atomic mass is 32.1. The largest absolute Gasteiger partial charge is 0.456 e. The molecular weight excluding hydrogens is 504 g/mol. The molecule has 0 fully saturated rings. The van der Waals surface area contributed by atoms with Crippen molar-refractivity contribution in [2.24, 2.45) is 0 Å². The molecule has 0 atom stereocenters. The average molecular weight is 527 g/mol. The maximum atomic E-state index is 6.46. The summed E-state index contributed by atoms with van der Waals surface area (Å²) in [6, 6.07) is 46.2. The molecular formula is C38H22OS. The predicted octanol–water partition coefficient (Wildman–Crippen LogP) is 11.6. The molecule has 0 unspecified atom stereocenters. The third kappa shape index (κ3) is 2.97. The molecule has 9 aromatic rings. The van der Waals surface area contributed by atoms with E-state index in [4.69, 9.17) is 4.42 Å². The van der Waals surface area contributed by atoms with Crippen molar-refractivity contribution in [1.82, 2.24) is 0 Å². The lowest BCUT2D eigenvalue weighted by Gasteiger charge is -2.19. The van der Waals surface area contributed by atoms with E-state index in [0.29, 0.717) is 0 Å². The molecule has 7 aromatic carbocycles. The van der Waals surface area contributed by atoms with Crippen LogP contribution in [0.1, 0.15) is 0 Å². The number of hydrogen-bond donors (Lipinski definition) is 0. The second-order valence-corrected chi connectivity index (χ2v) is 11.4. The van der Waals surface area contributed by atoms with E-state index in [1.165, 1.54) is 75.4 Å². The van der Waals surface area contributed by atoms with Crippen LogP contribution in [0, 0.1) is 0 Å². The minimum Gasteiger partial charge on any atom is -0.456 e. The van der Waals surface area contributed by atoms with Gasteiger partial charge < -0.3 is 4.42 Å². The minimum atomic E-state index is 0.928. The van der Waals surface area contributed by atoms with Gasteiger partial charge >= 0.3 is 0 Å². The van der Waals surface area contributed by atoms with Gasteiger partial charge in [-0.1, -0.05) is 103 Å². The summed E-state index contributed by atoms with van der Waals surface area (Å²) >= 11 is 1.78. The van der Waals surface area contributed by atoms with Gasteiger partial charge in [-0.05, 0) is 84.2 Å². The molecule has 0 bridgehead atoms. The van der Waals surface area contributed by atoms with Crippen LogP contribution >= 0.6 is 11.3 Å². The van der Waals surface area contributed by atoms with Crippen LogP contribution in [0.2, 0.25) is 0 Å². The smallest absolute Gasteiger partial charge is 0.136 e. The Kier molecular flexibility index (Phi) is 4.55. The first kappa shape index (κ1) is 22.0. The zero-order chi connectivity index (χ0) is 26.2. The zero-order valence-electron chi connectivity index (χ0n) is 21.5. The van der Waals surface area contributed by atoms with Gasteiger partial charge in [0.2, 0.25) is 0 Å². The molecule has 2 heterocycles. The average Bonchev–Trinajstić information content (AvgIpc) is 3.64. The first-order valence-corrected chi connectivity index (χ1v) is 14.5. The van der Waals surface area contributed by atoms with Crippen LogP contribution in [0.5, 0.6) is 0 Å². The Bertz CT molecular complexity index is 2380. The van der Waals surface area contributed by atoms with Gasteiger partial charge in [0.25, 0.3) is 0 Å². The number of furan rings is 1. The van der Waals surface area contributed by atoms with E-state index in [0.717, 1.165) is 11.2 Å². The maximum Gasteiger partial charge on any atom is 0.136 e. The van der Waals surface area contributed by atoms with Crippen molar-refractivity contribution >= 4 is 75.7 Å². The van der Waals surface area contributed by atoms with Gasteiger partial charge in [-0.3, -0.25) is 0 Å². The van der Waals surface area contributed by atoms with E-state index in [1.54, 1.807) is 11.3 Å². The van der Waals surface area contributed by atoms with Gasteiger partial charge in [0.1, 0.15) is 11.2 Å². The molecule has 40 heavy (non-hydrogen) atoms. The minimum absolute atomic E-state index is 0.928. The molecule has 2 aromatic heterocycles. The van der Waals surface area contributed by atoms with Gasteiger partial charge in [0.05, 0.1) is 0 Å². The molecule has 0 spiro atoms. The van der Waals surface area contributed by atoms with Gasteiger partial charge in [0, 0.05) is 20.9 Å². The summed E-state index contributed by atoms with van der Waals surface area (Å²) in [5.41, 5.74) is 6.90. The quantitative estimate of drug-likeness (QED) is 0.204. The summed E-state index contributed by atoms with van der Waals surface area (Å²) in [6.07, 6.45) is 0. The van der Waals surface area contributed by atoms with Crippen LogP contribution < -0.4 is 0 Å². The summed E-state index contributed by atoms with van der Waals surface area (Å²) in [5, 5.41) is 13.4. The molecule has 0 aliphatic carbocycles. The molecule has 0 aliphatic rings. The summed E-state index contributed by atoms with van der Waals surface area (Å²) < 4.78 is 7.75. The SMILES string of the molecule is c1ccc2c(-c3c4ccccc4c(-c4cccc5oc6ccc7sccc7c6c45)c4ccccc34)cccc2c1. The second kappa shape index (κ2) is 8.29. The molecule has 0 aliphatic heterocycles. The molecule has 0 radical (unpaired) electrons. The van der Waals surface area contributed by atoms with E-state index in [1.807, 2.05) is 0 Å². The number of hydrogen-bond acceptors (Lipinski definition) is 2. The van der Waals surface area contributed by atoms with Crippen LogP contribution in [0.15, 0.2) is 137 Å². The lowest BCUT2D eigenvalue weighted by atomic mass is 9.84. The van der Waals surface area contributed by atoms with Crippen molar-refractivity contribution in [3.63, 3.8) is 0 Å². The van der Waals surface area contributed by atoms with Crippen molar-refractivity contribution in [2.75, 3.05) is 0 Å². The van der Waals surface area contributed by atoms with Gasteiger partial charge in [-0.25, -0.2) is 0 Å². The summed E-state index contributed by atoms with van der Waals surface area (Å²) in [5.74, 6) is 0. The van der Waals surface area contributed by atoms with Crippen LogP contribution in [0.4, 0.5) is 0 Å². The summed E-state index contributed by atoms with van der Waals surface area (Å²) in [7, 11) is 0. The van der Waals surface area contributed by atoms with Crippen molar-refractivity contribution in [1.29, 1.82) is 0 Å². The number of rotatable bonds is 2. The molecule has 9 rings (SSSR count). The van der Waals surface area contributed by atoms with Crippen molar-refractivity contribution in [2.45, 2.75) is 0 Å². The molecule has 0 amide bonds. The summed E-state index contributed by atoms with van der Waals surface area (Å²) in [6.45, 7) is 0. The fourth-order valence-corrected chi connectivity index (χ4v) is 7.51. The Hall–Kier alpha value is -4.92. The van der Waals surface area contributed by atoms with E-state index in [9.17, 15) is 0 Å². The maximum absolute atomic E-state index is 6.46. The second-order valence-electron chi connectivity index (χ2n) is 10.4. The highest BCUT2D eigenvalue weighted by Crippen LogP contribution is 2.48. The molecule has 0 N–H and O–H groups in total. The fraction of sp³-hybridized carbons (Fsp3) is 0. The number of fused-ring (bicyclic) bond motifs is 8. The van der Waals surface area contributed by atoms with Crippen LogP contribution in [0.3, 0.4) is 0 Å². The first-order valence-electron chi connectivity index (χ1n) is 13.6. The monoisotopic (exact) mass is 526 g/mol. The molecule has 0 saturated carbocycles. The van der Waals surface area contributed by atoms with E-state index < -0.39 is 0 Å². The third-order valence-electron chi connectivity index (χ3n) is 8.35. The van der Waals surface area contributed by atoms with Crippen LogP contribution in [0.25, 0.3) is 86.6 Å². The molecule has 186 valence electrons. The number of benzene rings is 7. The Morgan fingerprint density at radius 2 is 0.975 bits per heavy atom.